The van der Waals surface area contributed by atoms with Gasteiger partial charge in [0.15, 0.2) is 11.8 Å². The number of ether oxygens (including phenoxy) is 1. The van der Waals surface area contributed by atoms with E-state index in [0.29, 0.717) is 12.6 Å². The van der Waals surface area contributed by atoms with Gasteiger partial charge in [-0.3, -0.25) is 4.90 Å². The van der Waals surface area contributed by atoms with Crippen LogP contribution in [0.1, 0.15) is 43.4 Å². The summed E-state index contributed by atoms with van der Waals surface area (Å²) in [7, 11) is 1.97. The van der Waals surface area contributed by atoms with E-state index in [0.717, 1.165) is 63.4 Å². The van der Waals surface area contributed by atoms with Crippen molar-refractivity contribution in [1.29, 1.82) is 0 Å². The first kappa shape index (κ1) is 26.5. The molecule has 2 heterocycles. The van der Waals surface area contributed by atoms with Crippen molar-refractivity contribution in [3.63, 3.8) is 0 Å². The lowest BCUT2D eigenvalue weighted by molar-refractivity contribution is 0.145. The van der Waals surface area contributed by atoms with E-state index in [9.17, 15) is 0 Å². The van der Waals surface area contributed by atoms with Crippen molar-refractivity contribution >= 4 is 29.9 Å². The summed E-state index contributed by atoms with van der Waals surface area (Å²) in [5.74, 6) is 2.58. The molecule has 1 aliphatic heterocycles. The molecule has 1 aromatic heterocycles. The molecule has 8 nitrogen and oxygen atoms in total. The van der Waals surface area contributed by atoms with Crippen LogP contribution in [0.5, 0.6) is 0 Å². The third kappa shape index (κ3) is 8.32. The summed E-state index contributed by atoms with van der Waals surface area (Å²) in [5, 5.41) is 15.4. The zero-order valence-electron chi connectivity index (χ0n) is 19.6. The number of aryl methyl sites for hydroxylation is 1. The van der Waals surface area contributed by atoms with E-state index < -0.39 is 0 Å². The number of nitrogens with zero attached hydrogens (tertiary/aromatic N) is 5. The predicted octanol–water partition coefficient (Wildman–Crippen LogP) is 2.87. The van der Waals surface area contributed by atoms with Crippen molar-refractivity contribution in [1.82, 2.24) is 30.3 Å². The highest BCUT2D eigenvalue weighted by Gasteiger charge is 2.24. The summed E-state index contributed by atoms with van der Waals surface area (Å²) in [4.78, 5) is 7.34. The molecule has 0 aliphatic carbocycles. The molecule has 0 amide bonds. The summed E-state index contributed by atoms with van der Waals surface area (Å²) in [6.45, 7) is 9.82. The standard InChI is InChI=1S/C23H37N7O.HI/c1-4-31-15-9-13-24-23(26-17-22-28-27-19(2)29(22)3)25-16-21-12-8-14-30(21)18-20-10-6-5-7-11-20;/h5-7,10-11,21H,4,8-9,12-18H2,1-3H3,(H2,24,25,26);1H. The maximum absolute atomic E-state index is 5.45. The van der Waals surface area contributed by atoms with Crippen LogP contribution in [0.3, 0.4) is 0 Å². The molecule has 3 rings (SSSR count). The minimum atomic E-state index is 0. The van der Waals surface area contributed by atoms with E-state index in [-0.39, 0.29) is 24.0 Å². The van der Waals surface area contributed by atoms with Crippen LogP contribution in [0, 0.1) is 6.92 Å². The van der Waals surface area contributed by atoms with Crippen molar-refractivity contribution in [3.05, 3.63) is 47.5 Å². The quantitative estimate of drug-likeness (QED) is 0.192. The van der Waals surface area contributed by atoms with E-state index in [1.807, 2.05) is 25.5 Å². The summed E-state index contributed by atoms with van der Waals surface area (Å²) in [6, 6.07) is 11.2. The Kier molecular flexibility index (Phi) is 12.0. The molecule has 2 N–H and O–H groups in total. The first-order chi connectivity index (χ1) is 15.2. The Balaban J connectivity index is 0.00000363. The fourth-order valence-corrected chi connectivity index (χ4v) is 3.81. The van der Waals surface area contributed by atoms with Gasteiger partial charge in [0.2, 0.25) is 0 Å². The number of aromatic nitrogens is 3. The predicted molar refractivity (Wildman–Crippen MR) is 139 cm³/mol. The SMILES string of the molecule is CCOCCCNC(=NCc1nnc(C)n1C)NCC1CCCN1Cc1ccccc1.I. The molecule has 0 radical (unpaired) electrons. The Bertz CT molecular complexity index is 812. The molecule has 1 fully saturated rings. The molecule has 0 spiro atoms. The first-order valence-electron chi connectivity index (χ1n) is 11.4. The molecule has 0 saturated carbocycles. The maximum atomic E-state index is 5.45. The third-order valence-corrected chi connectivity index (χ3v) is 5.76. The molecular formula is C23H38IN7O. The maximum Gasteiger partial charge on any atom is 0.191 e. The average molecular weight is 556 g/mol. The fourth-order valence-electron chi connectivity index (χ4n) is 3.81. The van der Waals surface area contributed by atoms with Crippen LogP contribution in [0.25, 0.3) is 0 Å². The number of rotatable bonds is 11. The Labute approximate surface area is 209 Å². The highest BCUT2D eigenvalue weighted by Crippen LogP contribution is 2.19. The summed E-state index contributed by atoms with van der Waals surface area (Å²) in [6.07, 6.45) is 3.40. The Morgan fingerprint density at radius 2 is 2.03 bits per heavy atom. The molecule has 1 unspecified atom stereocenters. The second-order valence-electron chi connectivity index (χ2n) is 8.00. The lowest BCUT2D eigenvalue weighted by atomic mass is 10.2. The molecule has 32 heavy (non-hydrogen) atoms. The van der Waals surface area contributed by atoms with Crippen molar-refractivity contribution in [2.75, 3.05) is 32.8 Å². The van der Waals surface area contributed by atoms with Gasteiger partial charge in [0.1, 0.15) is 12.4 Å². The normalized spacial score (nSPS) is 16.7. The second-order valence-corrected chi connectivity index (χ2v) is 8.00. The highest BCUT2D eigenvalue weighted by molar-refractivity contribution is 14.0. The molecular weight excluding hydrogens is 517 g/mol. The summed E-state index contributed by atoms with van der Waals surface area (Å²) in [5.41, 5.74) is 1.37. The van der Waals surface area contributed by atoms with Crippen molar-refractivity contribution < 1.29 is 4.74 Å². The molecule has 1 saturated heterocycles. The van der Waals surface area contributed by atoms with E-state index in [2.05, 4.69) is 56.1 Å². The van der Waals surface area contributed by atoms with Gasteiger partial charge in [-0.05, 0) is 45.2 Å². The Hall–Kier alpha value is -1.72. The van der Waals surface area contributed by atoms with Crippen LogP contribution >= 0.6 is 24.0 Å². The number of hydrogen-bond donors (Lipinski definition) is 2. The second kappa shape index (κ2) is 14.4. The minimum absolute atomic E-state index is 0. The summed E-state index contributed by atoms with van der Waals surface area (Å²) >= 11 is 0. The van der Waals surface area contributed by atoms with Crippen LogP contribution < -0.4 is 10.6 Å². The van der Waals surface area contributed by atoms with Crippen LogP contribution in [-0.4, -0.2) is 64.5 Å². The fraction of sp³-hybridized carbons (Fsp3) is 0.609. The zero-order valence-corrected chi connectivity index (χ0v) is 21.9. The van der Waals surface area contributed by atoms with Gasteiger partial charge in [0, 0.05) is 45.9 Å². The smallest absolute Gasteiger partial charge is 0.191 e. The van der Waals surface area contributed by atoms with E-state index >= 15 is 0 Å². The third-order valence-electron chi connectivity index (χ3n) is 5.76. The molecule has 9 heteroatoms. The topological polar surface area (TPSA) is 79.6 Å². The number of benzene rings is 1. The van der Waals surface area contributed by atoms with Crippen molar-refractivity contribution in [2.45, 2.75) is 52.2 Å². The van der Waals surface area contributed by atoms with Crippen LogP contribution in [0.15, 0.2) is 35.3 Å². The van der Waals surface area contributed by atoms with Gasteiger partial charge in [-0.25, -0.2) is 4.99 Å². The molecule has 0 bridgehead atoms. The molecule has 1 atom stereocenters. The largest absolute Gasteiger partial charge is 0.382 e. The van der Waals surface area contributed by atoms with Gasteiger partial charge in [-0.2, -0.15) is 0 Å². The number of nitrogens with one attached hydrogen (secondary N) is 2. The van der Waals surface area contributed by atoms with Crippen LogP contribution in [0.2, 0.25) is 0 Å². The lowest BCUT2D eigenvalue weighted by Gasteiger charge is -2.25. The van der Waals surface area contributed by atoms with Gasteiger partial charge < -0.3 is 19.9 Å². The van der Waals surface area contributed by atoms with E-state index in [1.165, 1.54) is 18.4 Å². The Morgan fingerprint density at radius 3 is 2.75 bits per heavy atom. The van der Waals surface area contributed by atoms with Gasteiger partial charge in [-0.15, -0.1) is 34.2 Å². The number of guanidine groups is 1. The van der Waals surface area contributed by atoms with Crippen molar-refractivity contribution in [3.8, 4) is 0 Å². The average Bonchev–Trinajstić information content (AvgIpc) is 3.36. The van der Waals surface area contributed by atoms with E-state index in [1.54, 1.807) is 0 Å². The number of aliphatic imine (C=N–C) groups is 1. The molecule has 1 aliphatic rings. The first-order valence-corrected chi connectivity index (χ1v) is 11.4. The van der Waals surface area contributed by atoms with Gasteiger partial charge in [0.25, 0.3) is 0 Å². The van der Waals surface area contributed by atoms with E-state index in [4.69, 9.17) is 9.73 Å². The number of halogens is 1. The van der Waals surface area contributed by atoms with Crippen LogP contribution in [0.4, 0.5) is 0 Å². The zero-order chi connectivity index (χ0) is 21.9. The van der Waals surface area contributed by atoms with Gasteiger partial charge in [0.05, 0.1) is 0 Å². The minimum Gasteiger partial charge on any atom is -0.382 e. The van der Waals surface area contributed by atoms with Crippen LogP contribution in [-0.2, 0) is 24.9 Å². The molecule has 2 aromatic rings. The van der Waals surface area contributed by atoms with Crippen molar-refractivity contribution in [2.24, 2.45) is 12.0 Å². The lowest BCUT2D eigenvalue weighted by Crippen LogP contribution is -2.45. The highest BCUT2D eigenvalue weighted by atomic mass is 127. The number of likely N-dealkylation sites (tertiary alicyclic amines) is 1. The monoisotopic (exact) mass is 555 g/mol. The number of hydrogen-bond acceptors (Lipinski definition) is 5. The molecule has 178 valence electrons. The molecule has 1 aromatic carbocycles. The van der Waals surface area contributed by atoms with Gasteiger partial charge >= 0.3 is 0 Å². The van der Waals surface area contributed by atoms with Gasteiger partial charge in [-0.1, -0.05) is 30.3 Å². The summed E-state index contributed by atoms with van der Waals surface area (Å²) < 4.78 is 7.43. The Morgan fingerprint density at radius 1 is 1.22 bits per heavy atom.